The van der Waals surface area contributed by atoms with Gasteiger partial charge in [0.25, 0.3) is 5.56 Å². The molecule has 1 amide bonds. The van der Waals surface area contributed by atoms with Gasteiger partial charge < -0.3 is 14.0 Å². The third-order valence-corrected chi connectivity index (χ3v) is 4.29. The molecule has 0 unspecified atom stereocenters. The predicted octanol–water partition coefficient (Wildman–Crippen LogP) is 2.11. The van der Waals surface area contributed by atoms with Crippen molar-refractivity contribution in [2.45, 2.75) is 51.6 Å². The number of aromatic nitrogens is 3. The van der Waals surface area contributed by atoms with E-state index in [1.54, 1.807) is 22.9 Å². The van der Waals surface area contributed by atoms with Gasteiger partial charge in [0.05, 0.1) is 6.04 Å². The maximum Gasteiger partial charge on any atom is 0.250 e. The molecule has 0 radical (unpaired) electrons. The number of aryl methyl sites for hydroxylation is 1. The summed E-state index contributed by atoms with van der Waals surface area (Å²) in [5.41, 5.74) is -0.0944. The molecule has 1 aliphatic rings. The maximum atomic E-state index is 12.6. The highest BCUT2D eigenvalue weighted by molar-refractivity contribution is 5.76. The van der Waals surface area contributed by atoms with E-state index >= 15 is 0 Å². The van der Waals surface area contributed by atoms with Crippen molar-refractivity contribution in [2.24, 2.45) is 0 Å². The first-order valence-electron chi connectivity index (χ1n) is 8.34. The van der Waals surface area contributed by atoms with E-state index in [0.29, 0.717) is 24.8 Å². The van der Waals surface area contributed by atoms with Gasteiger partial charge in [-0.25, -0.2) is 0 Å². The first kappa shape index (κ1) is 16.4. The van der Waals surface area contributed by atoms with Crippen LogP contribution >= 0.6 is 0 Å². The average Bonchev–Trinajstić information content (AvgIpc) is 3.22. The summed E-state index contributed by atoms with van der Waals surface area (Å²) >= 11 is 0. The zero-order valence-corrected chi connectivity index (χ0v) is 14.0. The Kier molecular flexibility index (Phi) is 4.78. The summed E-state index contributed by atoms with van der Waals surface area (Å²) in [4.78, 5) is 30.5. The monoisotopic (exact) mass is 330 g/mol. The summed E-state index contributed by atoms with van der Waals surface area (Å²) in [6.45, 7) is 5.06. The SMILES string of the molecule is CC(C)c1nc([C@H]2CCCN2C(=O)CCn2ccccc2=O)no1. The lowest BCUT2D eigenvalue weighted by atomic mass is 10.2. The third kappa shape index (κ3) is 3.39. The molecule has 2 aromatic heterocycles. The minimum Gasteiger partial charge on any atom is -0.339 e. The Morgan fingerprint density at radius 1 is 1.42 bits per heavy atom. The lowest BCUT2D eigenvalue weighted by Gasteiger charge is -2.22. The molecule has 1 atom stereocenters. The van der Waals surface area contributed by atoms with Crippen molar-refractivity contribution >= 4 is 5.91 Å². The van der Waals surface area contributed by atoms with Crippen LogP contribution in [0.25, 0.3) is 0 Å². The molecule has 7 heteroatoms. The van der Waals surface area contributed by atoms with Gasteiger partial charge in [-0.3, -0.25) is 9.59 Å². The van der Waals surface area contributed by atoms with Gasteiger partial charge in [0.1, 0.15) is 0 Å². The molecule has 0 spiro atoms. The van der Waals surface area contributed by atoms with Crippen LogP contribution in [0.2, 0.25) is 0 Å². The van der Waals surface area contributed by atoms with Crippen molar-refractivity contribution in [2.75, 3.05) is 6.54 Å². The zero-order chi connectivity index (χ0) is 17.1. The van der Waals surface area contributed by atoms with Gasteiger partial charge >= 0.3 is 0 Å². The molecule has 1 fully saturated rings. The van der Waals surface area contributed by atoms with Crippen molar-refractivity contribution in [1.82, 2.24) is 19.6 Å². The second-order valence-corrected chi connectivity index (χ2v) is 6.37. The van der Waals surface area contributed by atoms with Crippen LogP contribution in [0.3, 0.4) is 0 Å². The molecule has 1 saturated heterocycles. The summed E-state index contributed by atoms with van der Waals surface area (Å²) in [7, 11) is 0. The van der Waals surface area contributed by atoms with Gasteiger partial charge in [-0.1, -0.05) is 25.1 Å². The van der Waals surface area contributed by atoms with Gasteiger partial charge in [-0.2, -0.15) is 4.98 Å². The van der Waals surface area contributed by atoms with Crippen molar-refractivity contribution < 1.29 is 9.32 Å². The van der Waals surface area contributed by atoms with E-state index in [2.05, 4.69) is 10.1 Å². The second-order valence-electron chi connectivity index (χ2n) is 6.37. The third-order valence-electron chi connectivity index (χ3n) is 4.29. The van der Waals surface area contributed by atoms with Gasteiger partial charge in [-0.15, -0.1) is 0 Å². The summed E-state index contributed by atoms with van der Waals surface area (Å²) in [5.74, 6) is 1.37. The minimum absolute atomic E-state index is 0.0177. The van der Waals surface area contributed by atoms with Crippen molar-refractivity contribution in [3.8, 4) is 0 Å². The van der Waals surface area contributed by atoms with E-state index in [1.165, 1.54) is 6.07 Å². The predicted molar refractivity (Wildman–Crippen MR) is 87.4 cm³/mol. The average molecular weight is 330 g/mol. The van der Waals surface area contributed by atoms with E-state index in [9.17, 15) is 9.59 Å². The largest absolute Gasteiger partial charge is 0.339 e. The summed E-state index contributed by atoms with van der Waals surface area (Å²) in [6, 6.07) is 4.86. The molecule has 1 aliphatic heterocycles. The standard InChI is InChI=1S/C17H22N4O3/c1-12(2)17-18-16(19-24-17)13-6-5-10-21(13)15(23)8-11-20-9-4-3-7-14(20)22/h3-4,7,9,12-13H,5-6,8,10-11H2,1-2H3/t13-/m1/s1. The maximum absolute atomic E-state index is 12.6. The first-order valence-corrected chi connectivity index (χ1v) is 8.34. The highest BCUT2D eigenvalue weighted by Gasteiger charge is 2.33. The Bertz CT molecular complexity index is 765. The molecule has 2 aromatic rings. The number of carbonyl (C=O) groups is 1. The fourth-order valence-corrected chi connectivity index (χ4v) is 2.96. The van der Waals surface area contributed by atoms with E-state index in [0.717, 1.165) is 12.8 Å². The number of hydrogen-bond acceptors (Lipinski definition) is 5. The van der Waals surface area contributed by atoms with Gasteiger partial charge in [-0.05, 0) is 18.9 Å². The summed E-state index contributed by atoms with van der Waals surface area (Å²) in [5, 5.41) is 4.05. The van der Waals surface area contributed by atoms with Crippen LogP contribution in [-0.4, -0.2) is 32.1 Å². The zero-order valence-electron chi connectivity index (χ0n) is 14.0. The van der Waals surface area contributed by atoms with Gasteiger partial charge in [0, 0.05) is 37.7 Å². The van der Waals surface area contributed by atoms with Crippen LogP contribution in [0.1, 0.15) is 56.8 Å². The molecule has 3 rings (SSSR count). The van der Waals surface area contributed by atoms with Crippen molar-refractivity contribution in [1.29, 1.82) is 0 Å². The normalized spacial score (nSPS) is 17.6. The van der Waals surface area contributed by atoms with E-state index in [-0.39, 0.29) is 29.8 Å². The molecule has 24 heavy (non-hydrogen) atoms. The van der Waals surface area contributed by atoms with E-state index in [1.807, 2.05) is 18.7 Å². The lowest BCUT2D eigenvalue weighted by molar-refractivity contribution is -0.132. The molecule has 0 N–H and O–H groups in total. The Balaban J connectivity index is 1.67. The van der Waals surface area contributed by atoms with Crippen molar-refractivity contribution in [3.05, 3.63) is 46.5 Å². The Hall–Kier alpha value is -2.44. The fourth-order valence-electron chi connectivity index (χ4n) is 2.96. The topological polar surface area (TPSA) is 81.2 Å². The molecule has 3 heterocycles. The van der Waals surface area contributed by atoms with Crippen molar-refractivity contribution in [3.63, 3.8) is 0 Å². The molecular formula is C17H22N4O3. The quantitative estimate of drug-likeness (QED) is 0.838. The number of rotatable bonds is 5. The summed E-state index contributed by atoms with van der Waals surface area (Å²) in [6.07, 6.45) is 3.75. The molecular weight excluding hydrogens is 308 g/mol. The number of likely N-dealkylation sites (tertiary alicyclic amines) is 1. The highest BCUT2D eigenvalue weighted by Crippen LogP contribution is 2.31. The van der Waals surface area contributed by atoms with Crippen LogP contribution in [-0.2, 0) is 11.3 Å². The first-order chi connectivity index (χ1) is 11.6. The van der Waals surface area contributed by atoms with Gasteiger partial charge in [0.15, 0.2) is 5.82 Å². The number of nitrogens with zero attached hydrogens (tertiary/aromatic N) is 4. The fraction of sp³-hybridized carbons (Fsp3) is 0.529. The number of pyridine rings is 1. The number of amides is 1. The molecule has 0 saturated carbocycles. The highest BCUT2D eigenvalue weighted by atomic mass is 16.5. The van der Waals surface area contributed by atoms with Crippen LogP contribution in [0.5, 0.6) is 0 Å². The molecule has 0 aliphatic carbocycles. The minimum atomic E-state index is -0.124. The van der Waals surface area contributed by atoms with E-state index in [4.69, 9.17) is 4.52 Å². The van der Waals surface area contributed by atoms with Crippen LogP contribution < -0.4 is 5.56 Å². The molecule has 7 nitrogen and oxygen atoms in total. The molecule has 0 bridgehead atoms. The summed E-state index contributed by atoms with van der Waals surface area (Å²) < 4.78 is 6.82. The second kappa shape index (κ2) is 6.98. The van der Waals surface area contributed by atoms with Crippen LogP contribution in [0.4, 0.5) is 0 Å². The Labute approximate surface area is 140 Å². The Morgan fingerprint density at radius 2 is 2.25 bits per heavy atom. The number of carbonyl (C=O) groups excluding carboxylic acids is 1. The van der Waals surface area contributed by atoms with Crippen LogP contribution in [0.15, 0.2) is 33.7 Å². The lowest BCUT2D eigenvalue weighted by Crippen LogP contribution is -2.32. The van der Waals surface area contributed by atoms with Crippen LogP contribution in [0, 0.1) is 0 Å². The molecule has 0 aromatic carbocycles. The Morgan fingerprint density at radius 3 is 2.96 bits per heavy atom. The van der Waals surface area contributed by atoms with E-state index < -0.39 is 0 Å². The number of hydrogen-bond donors (Lipinski definition) is 0. The van der Waals surface area contributed by atoms with Gasteiger partial charge in [0.2, 0.25) is 11.8 Å². The smallest absolute Gasteiger partial charge is 0.250 e. The molecule has 128 valence electrons.